The topological polar surface area (TPSA) is 77.0 Å². The van der Waals surface area contributed by atoms with Gasteiger partial charge in [-0.15, -0.1) is 5.10 Å². The highest BCUT2D eigenvalue weighted by molar-refractivity contribution is 5.93. The molecule has 2 aromatic heterocycles. The molecule has 0 bridgehead atoms. The summed E-state index contributed by atoms with van der Waals surface area (Å²) in [4.78, 5) is 14.6. The van der Waals surface area contributed by atoms with E-state index < -0.39 is 0 Å². The van der Waals surface area contributed by atoms with E-state index in [0.717, 1.165) is 30.8 Å². The van der Waals surface area contributed by atoms with Crippen LogP contribution in [0.25, 0.3) is 0 Å². The minimum atomic E-state index is -0.0131. The minimum absolute atomic E-state index is 0.0131. The molecule has 0 radical (unpaired) electrons. The number of hydrogen-bond donors (Lipinski definition) is 1. The first-order valence-corrected chi connectivity index (χ1v) is 7.10. The van der Waals surface area contributed by atoms with Gasteiger partial charge in [-0.05, 0) is 44.0 Å². The van der Waals surface area contributed by atoms with E-state index in [0.29, 0.717) is 11.5 Å². The first kappa shape index (κ1) is 13.6. The van der Waals surface area contributed by atoms with E-state index in [2.05, 4.69) is 10.2 Å². The normalized spacial score (nSPS) is 18.2. The maximum Gasteiger partial charge on any atom is 0.271 e. The van der Waals surface area contributed by atoms with Crippen LogP contribution in [0.3, 0.4) is 0 Å². The summed E-state index contributed by atoms with van der Waals surface area (Å²) in [5, 5.41) is 8.04. The molecule has 0 spiro atoms. The molecule has 1 amide bonds. The molecule has 6 nitrogen and oxygen atoms in total. The summed E-state index contributed by atoms with van der Waals surface area (Å²) in [5.41, 5.74) is 8.16. The van der Waals surface area contributed by atoms with Crippen molar-refractivity contribution in [2.45, 2.75) is 25.8 Å². The fourth-order valence-electron chi connectivity index (χ4n) is 2.82. The summed E-state index contributed by atoms with van der Waals surface area (Å²) in [7, 11) is 1.91. The average Bonchev–Trinajstić information content (AvgIpc) is 3.08. The van der Waals surface area contributed by atoms with Crippen molar-refractivity contribution in [3.05, 3.63) is 41.3 Å². The van der Waals surface area contributed by atoms with Crippen LogP contribution < -0.4 is 5.73 Å². The number of nitrogen functional groups attached to an aromatic ring is 1. The molecular formula is C15H19N5O. The predicted octanol–water partition coefficient (Wildman–Crippen LogP) is 1.68. The van der Waals surface area contributed by atoms with E-state index in [4.69, 9.17) is 5.73 Å². The minimum Gasteiger partial charge on any atom is -0.382 e. The Morgan fingerprint density at radius 2 is 2.10 bits per heavy atom. The van der Waals surface area contributed by atoms with Crippen LogP contribution in [-0.4, -0.2) is 32.1 Å². The van der Waals surface area contributed by atoms with Gasteiger partial charge in [0.25, 0.3) is 5.91 Å². The Balaban J connectivity index is 1.88. The summed E-state index contributed by atoms with van der Waals surface area (Å²) in [6.45, 7) is 2.74. The van der Waals surface area contributed by atoms with E-state index in [1.807, 2.05) is 41.6 Å². The van der Waals surface area contributed by atoms with Crippen LogP contribution in [0.1, 0.15) is 40.8 Å². The van der Waals surface area contributed by atoms with Crippen molar-refractivity contribution in [2.24, 2.45) is 7.05 Å². The van der Waals surface area contributed by atoms with Gasteiger partial charge in [0.1, 0.15) is 11.5 Å². The number of hydrogen-bond acceptors (Lipinski definition) is 4. The van der Waals surface area contributed by atoms with Gasteiger partial charge in [-0.25, -0.2) is 0 Å². The maximum absolute atomic E-state index is 12.8. The standard InChI is InChI=1S/C15H19N5O/c1-10-5-7-13(19(10)2)15(21)20-9-3-4-12(20)11-6-8-14(16)18-17-11/h5-8,12H,3-4,9H2,1-2H3,(H2,16,18). The number of aromatic nitrogens is 3. The van der Waals surface area contributed by atoms with Crippen LogP contribution in [0.15, 0.2) is 24.3 Å². The first-order chi connectivity index (χ1) is 10.1. The van der Waals surface area contributed by atoms with Crippen LogP contribution in [0.2, 0.25) is 0 Å². The quantitative estimate of drug-likeness (QED) is 0.910. The molecular weight excluding hydrogens is 266 g/mol. The summed E-state index contributed by atoms with van der Waals surface area (Å²) in [6, 6.07) is 7.41. The molecule has 0 saturated carbocycles. The molecule has 6 heteroatoms. The number of nitrogens with two attached hydrogens (primary N) is 1. The van der Waals surface area contributed by atoms with Crippen molar-refractivity contribution in [3.63, 3.8) is 0 Å². The number of rotatable bonds is 2. The Hall–Kier alpha value is -2.37. The van der Waals surface area contributed by atoms with Crippen molar-refractivity contribution < 1.29 is 4.79 Å². The van der Waals surface area contributed by atoms with Gasteiger partial charge in [0.15, 0.2) is 0 Å². The van der Waals surface area contributed by atoms with Gasteiger partial charge in [-0.2, -0.15) is 5.10 Å². The van der Waals surface area contributed by atoms with Gasteiger partial charge in [0, 0.05) is 19.3 Å². The van der Waals surface area contributed by atoms with E-state index >= 15 is 0 Å². The molecule has 1 aliphatic rings. The second-order valence-corrected chi connectivity index (χ2v) is 5.46. The Kier molecular flexibility index (Phi) is 3.37. The largest absolute Gasteiger partial charge is 0.382 e. The summed E-state index contributed by atoms with van der Waals surface area (Å²) < 4.78 is 1.92. The van der Waals surface area contributed by atoms with Gasteiger partial charge in [0.2, 0.25) is 0 Å². The SMILES string of the molecule is Cc1ccc(C(=O)N2CCCC2c2ccc(N)nn2)n1C. The van der Waals surface area contributed by atoms with Crippen LogP contribution in [-0.2, 0) is 7.05 Å². The smallest absolute Gasteiger partial charge is 0.271 e. The molecule has 0 aliphatic carbocycles. The molecule has 21 heavy (non-hydrogen) atoms. The first-order valence-electron chi connectivity index (χ1n) is 7.10. The lowest BCUT2D eigenvalue weighted by molar-refractivity contribution is 0.0722. The fraction of sp³-hybridized carbons (Fsp3) is 0.400. The summed E-state index contributed by atoms with van der Waals surface area (Å²) in [5.74, 6) is 0.444. The van der Waals surface area contributed by atoms with Crippen LogP contribution in [0, 0.1) is 6.92 Å². The molecule has 1 unspecified atom stereocenters. The Labute approximate surface area is 123 Å². The zero-order valence-corrected chi connectivity index (χ0v) is 12.3. The molecule has 2 N–H and O–H groups in total. The van der Waals surface area contributed by atoms with Crippen molar-refractivity contribution in [1.29, 1.82) is 0 Å². The van der Waals surface area contributed by atoms with Crippen molar-refractivity contribution in [1.82, 2.24) is 19.7 Å². The van der Waals surface area contributed by atoms with Crippen LogP contribution in [0.4, 0.5) is 5.82 Å². The average molecular weight is 285 g/mol. The van der Waals surface area contributed by atoms with E-state index in [1.165, 1.54) is 0 Å². The molecule has 1 aliphatic heterocycles. The zero-order valence-electron chi connectivity index (χ0n) is 12.3. The third-order valence-electron chi connectivity index (χ3n) is 4.15. The molecule has 1 fully saturated rings. The molecule has 3 heterocycles. The number of carbonyl (C=O) groups is 1. The van der Waals surface area contributed by atoms with E-state index in [-0.39, 0.29) is 11.9 Å². The summed E-state index contributed by atoms with van der Waals surface area (Å²) >= 11 is 0. The molecule has 0 aromatic carbocycles. The summed E-state index contributed by atoms with van der Waals surface area (Å²) in [6.07, 6.45) is 1.89. The fourth-order valence-corrected chi connectivity index (χ4v) is 2.82. The highest BCUT2D eigenvalue weighted by Crippen LogP contribution is 2.32. The van der Waals surface area contributed by atoms with Gasteiger partial charge < -0.3 is 15.2 Å². The number of likely N-dealkylation sites (tertiary alicyclic amines) is 1. The molecule has 1 atom stereocenters. The lowest BCUT2D eigenvalue weighted by atomic mass is 10.1. The number of amides is 1. The van der Waals surface area contributed by atoms with Gasteiger partial charge in [-0.3, -0.25) is 4.79 Å². The Morgan fingerprint density at radius 3 is 2.71 bits per heavy atom. The monoisotopic (exact) mass is 285 g/mol. The number of nitrogens with zero attached hydrogens (tertiary/aromatic N) is 4. The van der Waals surface area contributed by atoms with Crippen LogP contribution in [0.5, 0.6) is 0 Å². The van der Waals surface area contributed by atoms with Crippen molar-refractivity contribution in [2.75, 3.05) is 12.3 Å². The maximum atomic E-state index is 12.8. The van der Waals surface area contributed by atoms with Gasteiger partial charge in [-0.1, -0.05) is 0 Å². The number of carbonyl (C=O) groups excluding carboxylic acids is 1. The molecule has 2 aromatic rings. The second kappa shape index (κ2) is 5.20. The van der Waals surface area contributed by atoms with Gasteiger partial charge in [0.05, 0.1) is 11.7 Å². The zero-order chi connectivity index (χ0) is 15.0. The lowest BCUT2D eigenvalue weighted by Gasteiger charge is -2.24. The van der Waals surface area contributed by atoms with E-state index in [1.54, 1.807) is 6.07 Å². The Bertz CT molecular complexity index is 661. The van der Waals surface area contributed by atoms with Crippen molar-refractivity contribution >= 4 is 11.7 Å². The van der Waals surface area contributed by atoms with Gasteiger partial charge >= 0.3 is 0 Å². The molecule has 3 rings (SSSR count). The lowest BCUT2D eigenvalue weighted by Crippen LogP contribution is -2.32. The third kappa shape index (κ3) is 2.37. The highest BCUT2D eigenvalue weighted by Gasteiger charge is 2.32. The number of aryl methyl sites for hydroxylation is 1. The Morgan fingerprint density at radius 1 is 1.29 bits per heavy atom. The highest BCUT2D eigenvalue weighted by atomic mass is 16.2. The van der Waals surface area contributed by atoms with E-state index in [9.17, 15) is 4.79 Å². The van der Waals surface area contributed by atoms with Crippen molar-refractivity contribution in [3.8, 4) is 0 Å². The van der Waals surface area contributed by atoms with Crippen LogP contribution >= 0.6 is 0 Å². The molecule has 110 valence electrons. The third-order valence-corrected chi connectivity index (χ3v) is 4.15. The predicted molar refractivity (Wildman–Crippen MR) is 79.6 cm³/mol. The number of anilines is 1. The molecule has 1 saturated heterocycles. The second-order valence-electron chi connectivity index (χ2n) is 5.46.